The second kappa shape index (κ2) is 8.85. The van der Waals surface area contributed by atoms with Crippen LogP contribution in [0.4, 0.5) is 15.8 Å². The maximum atomic E-state index is 13.5. The Kier molecular flexibility index (Phi) is 5.97. The Morgan fingerprint density at radius 3 is 2.41 bits per heavy atom. The molecule has 1 N–H and O–H groups in total. The third-order valence-corrected chi connectivity index (χ3v) is 5.47. The zero-order chi connectivity index (χ0) is 22.8. The number of imide groups is 1. The highest BCUT2D eigenvalue weighted by atomic mass is 35.5. The van der Waals surface area contributed by atoms with E-state index in [1.807, 2.05) is 19.9 Å². The van der Waals surface area contributed by atoms with Crippen LogP contribution in [0.1, 0.15) is 18.1 Å². The number of aryl methyl sites for hydroxylation is 1. The highest BCUT2D eigenvalue weighted by Crippen LogP contribution is 2.38. The van der Waals surface area contributed by atoms with E-state index in [9.17, 15) is 14.0 Å². The van der Waals surface area contributed by atoms with Crippen molar-refractivity contribution in [3.05, 3.63) is 94.4 Å². The molecule has 7 heteroatoms. The molecule has 0 bridgehead atoms. The van der Waals surface area contributed by atoms with Crippen molar-refractivity contribution in [3.8, 4) is 5.75 Å². The lowest BCUT2D eigenvalue weighted by Crippen LogP contribution is -2.32. The van der Waals surface area contributed by atoms with Gasteiger partial charge in [-0.15, -0.1) is 0 Å². The third kappa shape index (κ3) is 3.97. The molecule has 0 spiro atoms. The van der Waals surface area contributed by atoms with Crippen molar-refractivity contribution in [2.45, 2.75) is 13.8 Å². The summed E-state index contributed by atoms with van der Waals surface area (Å²) in [6.07, 6.45) is 0. The van der Waals surface area contributed by atoms with E-state index in [0.29, 0.717) is 34.3 Å². The summed E-state index contributed by atoms with van der Waals surface area (Å²) in [6, 6.07) is 17.5. The van der Waals surface area contributed by atoms with Crippen LogP contribution in [0, 0.1) is 12.7 Å². The highest BCUT2D eigenvalue weighted by Gasteiger charge is 2.41. The Labute approximate surface area is 190 Å². The van der Waals surface area contributed by atoms with Crippen molar-refractivity contribution in [3.63, 3.8) is 0 Å². The Morgan fingerprint density at radius 2 is 1.72 bits per heavy atom. The van der Waals surface area contributed by atoms with Crippen LogP contribution in [0.3, 0.4) is 0 Å². The van der Waals surface area contributed by atoms with Crippen LogP contribution in [0.2, 0.25) is 5.02 Å². The molecule has 1 aliphatic rings. The van der Waals surface area contributed by atoms with Crippen LogP contribution in [-0.2, 0) is 9.59 Å². The lowest BCUT2D eigenvalue weighted by molar-refractivity contribution is -0.120. The molecule has 0 atom stereocenters. The summed E-state index contributed by atoms with van der Waals surface area (Å²) in [7, 11) is 0. The molecule has 0 unspecified atom stereocenters. The largest absolute Gasteiger partial charge is 0.492 e. The van der Waals surface area contributed by atoms with Gasteiger partial charge in [0, 0.05) is 10.7 Å². The summed E-state index contributed by atoms with van der Waals surface area (Å²) >= 11 is 6.24. The summed E-state index contributed by atoms with van der Waals surface area (Å²) in [5, 5.41) is 3.57. The summed E-state index contributed by atoms with van der Waals surface area (Å²) in [5.74, 6) is -1.10. The fourth-order valence-corrected chi connectivity index (χ4v) is 3.66. The quantitative estimate of drug-likeness (QED) is 0.498. The summed E-state index contributed by atoms with van der Waals surface area (Å²) in [6.45, 7) is 4.06. The summed E-state index contributed by atoms with van der Waals surface area (Å²) < 4.78 is 19.2. The van der Waals surface area contributed by atoms with Crippen LogP contribution < -0.4 is 15.0 Å². The minimum Gasteiger partial charge on any atom is -0.492 e. The lowest BCUT2D eigenvalue weighted by atomic mass is 10.0. The molecule has 3 aromatic rings. The molecule has 32 heavy (non-hydrogen) atoms. The van der Waals surface area contributed by atoms with Gasteiger partial charge in [0.2, 0.25) is 0 Å². The second-order valence-electron chi connectivity index (χ2n) is 7.19. The number of halogens is 2. The van der Waals surface area contributed by atoms with E-state index < -0.39 is 17.6 Å². The molecule has 2 amide bonds. The van der Waals surface area contributed by atoms with Crippen molar-refractivity contribution < 1.29 is 18.7 Å². The number of nitrogens with one attached hydrogen (secondary N) is 1. The molecule has 0 aromatic heterocycles. The number of para-hydroxylation sites is 2. The first-order valence-electron chi connectivity index (χ1n) is 10.0. The number of amides is 2. The fourth-order valence-electron chi connectivity index (χ4n) is 3.48. The van der Waals surface area contributed by atoms with Crippen molar-refractivity contribution in [2.24, 2.45) is 0 Å². The number of carbonyl (C=O) groups is 2. The first kappa shape index (κ1) is 21.6. The Balaban J connectivity index is 1.83. The topological polar surface area (TPSA) is 58.6 Å². The Morgan fingerprint density at radius 1 is 1.00 bits per heavy atom. The van der Waals surface area contributed by atoms with Crippen molar-refractivity contribution in [1.82, 2.24) is 0 Å². The van der Waals surface area contributed by atoms with Crippen LogP contribution in [0.25, 0.3) is 5.57 Å². The lowest BCUT2D eigenvalue weighted by Gasteiger charge is -2.19. The molecule has 0 aliphatic carbocycles. The fraction of sp³-hybridized carbons (Fsp3) is 0.120. The first-order chi connectivity index (χ1) is 15.4. The van der Waals surface area contributed by atoms with Crippen LogP contribution >= 0.6 is 11.6 Å². The van der Waals surface area contributed by atoms with E-state index in [-0.39, 0.29) is 11.3 Å². The zero-order valence-electron chi connectivity index (χ0n) is 17.5. The van der Waals surface area contributed by atoms with E-state index in [1.54, 1.807) is 36.4 Å². The molecule has 0 radical (unpaired) electrons. The van der Waals surface area contributed by atoms with Crippen LogP contribution in [0.15, 0.2) is 72.4 Å². The maximum Gasteiger partial charge on any atom is 0.282 e. The van der Waals surface area contributed by atoms with Gasteiger partial charge in [-0.25, -0.2) is 9.29 Å². The molecule has 162 valence electrons. The van der Waals surface area contributed by atoms with Gasteiger partial charge in [0.15, 0.2) is 0 Å². The number of carbonyl (C=O) groups excluding carboxylic acids is 2. The molecule has 4 rings (SSSR count). The number of ether oxygens (including phenoxy) is 1. The predicted octanol–water partition coefficient (Wildman–Crippen LogP) is 5.58. The minimum absolute atomic E-state index is 0.0767. The van der Waals surface area contributed by atoms with E-state index in [1.165, 1.54) is 24.3 Å². The number of hydrogen-bond donors (Lipinski definition) is 1. The number of nitrogens with zero attached hydrogens (tertiary/aromatic N) is 1. The van der Waals surface area contributed by atoms with Crippen molar-refractivity contribution >= 4 is 40.4 Å². The van der Waals surface area contributed by atoms with Gasteiger partial charge >= 0.3 is 0 Å². The van der Waals surface area contributed by atoms with E-state index >= 15 is 0 Å². The van der Waals surface area contributed by atoms with Crippen molar-refractivity contribution in [2.75, 3.05) is 16.8 Å². The Bertz CT molecular complexity index is 1240. The molecule has 1 aliphatic heterocycles. The molecular weight excluding hydrogens is 431 g/mol. The molecule has 1 heterocycles. The summed E-state index contributed by atoms with van der Waals surface area (Å²) in [4.78, 5) is 28.1. The molecule has 0 saturated heterocycles. The smallest absolute Gasteiger partial charge is 0.282 e. The average Bonchev–Trinajstić information content (AvgIpc) is 3.01. The SMILES string of the molecule is CCOc1ccccc1N1C(=O)C(Nc2ccc(C)c(Cl)c2)=C(c2ccc(F)cc2)C1=O. The number of benzene rings is 3. The number of anilines is 2. The highest BCUT2D eigenvalue weighted by molar-refractivity contribution is 6.46. The van der Waals surface area contributed by atoms with E-state index in [4.69, 9.17) is 16.3 Å². The first-order valence-corrected chi connectivity index (χ1v) is 10.4. The average molecular weight is 451 g/mol. The second-order valence-corrected chi connectivity index (χ2v) is 7.60. The van der Waals surface area contributed by atoms with Gasteiger partial charge < -0.3 is 10.1 Å². The normalized spacial score (nSPS) is 13.7. The van der Waals surface area contributed by atoms with Gasteiger partial charge in [-0.3, -0.25) is 9.59 Å². The minimum atomic E-state index is -0.543. The van der Waals surface area contributed by atoms with Crippen LogP contribution in [-0.4, -0.2) is 18.4 Å². The standard InChI is InChI=1S/C25H20ClFN2O3/c1-3-32-21-7-5-4-6-20(21)29-24(30)22(16-9-11-17(27)12-10-16)23(25(29)31)28-18-13-8-15(2)19(26)14-18/h4-14,28H,3H2,1-2H3. The van der Waals surface area contributed by atoms with E-state index in [0.717, 1.165) is 10.5 Å². The molecule has 0 fully saturated rings. The molecular formula is C25H20ClFN2O3. The monoisotopic (exact) mass is 450 g/mol. The van der Waals surface area contributed by atoms with Crippen molar-refractivity contribution in [1.29, 1.82) is 0 Å². The van der Waals surface area contributed by atoms with Crippen LogP contribution in [0.5, 0.6) is 5.75 Å². The Hall–Kier alpha value is -3.64. The third-order valence-electron chi connectivity index (χ3n) is 5.06. The number of rotatable bonds is 6. The molecule has 5 nitrogen and oxygen atoms in total. The summed E-state index contributed by atoms with van der Waals surface area (Å²) in [5.41, 5.74) is 2.40. The van der Waals surface area contributed by atoms with Gasteiger partial charge in [-0.05, 0) is 61.4 Å². The molecule has 0 saturated carbocycles. The van der Waals surface area contributed by atoms with Gasteiger partial charge in [0.25, 0.3) is 11.8 Å². The predicted molar refractivity (Wildman–Crippen MR) is 123 cm³/mol. The van der Waals surface area contributed by atoms with E-state index in [2.05, 4.69) is 5.32 Å². The zero-order valence-corrected chi connectivity index (χ0v) is 18.2. The molecule has 3 aromatic carbocycles. The van der Waals surface area contributed by atoms with Gasteiger partial charge in [0.1, 0.15) is 17.3 Å². The van der Waals surface area contributed by atoms with Gasteiger partial charge in [-0.2, -0.15) is 0 Å². The number of hydrogen-bond acceptors (Lipinski definition) is 4. The van der Waals surface area contributed by atoms with Gasteiger partial charge in [-0.1, -0.05) is 41.9 Å². The van der Waals surface area contributed by atoms with Gasteiger partial charge in [0.05, 0.1) is 17.9 Å². The maximum absolute atomic E-state index is 13.5.